The SMILES string of the molecule is CCN(c1ccccc1)c1ncnc(NCCc2ccccc2)c1[N+](=O)[O-]. The Balaban J connectivity index is 1.87. The molecule has 0 atom stereocenters. The van der Waals surface area contributed by atoms with Crippen LogP contribution in [0.1, 0.15) is 12.5 Å². The lowest BCUT2D eigenvalue weighted by molar-refractivity contribution is -0.383. The Morgan fingerprint density at radius 1 is 1.04 bits per heavy atom. The van der Waals surface area contributed by atoms with Gasteiger partial charge in [0.25, 0.3) is 0 Å². The van der Waals surface area contributed by atoms with Crippen molar-refractivity contribution in [2.24, 2.45) is 0 Å². The van der Waals surface area contributed by atoms with E-state index >= 15 is 0 Å². The van der Waals surface area contributed by atoms with Crippen molar-refractivity contribution in [3.63, 3.8) is 0 Å². The van der Waals surface area contributed by atoms with Crippen molar-refractivity contribution < 1.29 is 4.92 Å². The number of anilines is 3. The molecule has 0 unspecified atom stereocenters. The second-order valence-corrected chi connectivity index (χ2v) is 5.89. The van der Waals surface area contributed by atoms with Crippen LogP contribution in [0.3, 0.4) is 0 Å². The highest BCUT2D eigenvalue weighted by Gasteiger charge is 2.27. The van der Waals surface area contributed by atoms with Crippen LogP contribution in [0, 0.1) is 10.1 Å². The van der Waals surface area contributed by atoms with Crippen molar-refractivity contribution in [3.8, 4) is 0 Å². The number of hydrogen-bond donors (Lipinski definition) is 1. The summed E-state index contributed by atoms with van der Waals surface area (Å²) in [6.07, 6.45) is 2.10. The maximum atomic E-state index is 11.8. The summed E-state index contributed by atoms with van der Waals surface area (Å²) in [5.41, 5.74) is 1.88. The quantitative estimate of drug-likeness (QED) is 0.477. The Hall–Kier alpha value is -3.48. The van der Waals surface area contributed by atoms with Gasteiger partial charge in [-0.3, -0.25) is 10.1 Å². The van der Waals surface area contributed by atoms with Crippen LogP contribution in [-0.4, -0.2) is 28.0 Å². The van der Waals surface area contributed by atoms with Crippen LogP contribution in [0.4, 0.5) is 23.0 Å². The van der Waals surface area contributed by atoms with Crippen LogP contribution >= 0.6 is 0 Å². The van der Waals surface area contributed by atoms with Crippen LogP contribution in [0.2, 0.25) is 0 Å². The fourth-order valence-corrected chi connectivity index (χ4v) is 2.90. The highest BCUT2D eigenvalue weighted by molar-refractivity contribution is 5.75. The lowest BCUT2D eigenvalue weighted by Crippen LogP contribution is -2.20. The second-order valence-electron chi connectivity index (χ2n) is 5.89. The molecular weight excluding hydrogens is 342 g/mol. The van der Waals surface area contributed by atoms with Crippen molar-refractivity contribution in [1.82, 2.24) is 9.97 Å². The van der Waals surface area contributed by atoms with Crippen LogP contribution in [0.5, 0.6) is 0 Å². The van der Waals surface area contributed by atoms with E-state index in [-0.39, 0.29) is 17.3 Å². The van der Waals surface area contributed by atoms with Crippen LogP contribution in [0.15, 0.2) is 67.0 Å². The molecule has 0 aliphatic rings. The van der Waals surface area contributed by atoms with Crippen molar-refractivity contribution >= 4 is 23.0 Å². The molecule has 1 N–H and O–H groups in total. The Bertz CT molecular complexity index is 887. The second kappa shape index (κ2) is 8.75. The summed E-state index contributed by atoms with van der Waals surface area (Å²) in [7, 11) is 0. The van der Waals surface area contributed by atoms with Gasteiger partial charge in [0.05, 0.1) is 4.92 Å². The lowest BCUT2D eigenvalue weighted by Gasteiger charge is -2.22. The molecule has 138 valence electrons. The molecule has 7 nitrogen and oxygen atoms in total. The van der Waals surface area contributed by atoms with Crippen molar-refractivity contribution in [3.05, 3.63) is 82.7 Å². The Morgan fingerprint density at radius 3 is 2.33 bits per heavy atom. The molecule has 0 radical (unpaired) electrons. The molecule has 0 spiro atoms. The smallest absolute Gasteiger partial charge is 0.353 e. The average molecular weight is 363 g/mol. The van der Waals surface area contributed by atoms with Gasteiger partial charge in [0.15, 0.2) is 0 Å². The lowest BCUT2D eigenvalue weighted by atomic mass is 10.1. The Kier molecular flexibility index (Phi) is 5.94. The van der Waals surface area contributed by atoms with E-state index in [1.807, 2.05) is 72.5 Å². The molecule has 3 aromatic rings. The minimum Gasteiger partial charge on any atom is -0.364 e. The van der Waals surface area contributed by atoms with E-state index in [1.165, 1.54) is 6.33 Å². The van der Waals surface area contributed by atoms with Crippen molar-refractivity contribution in [2.45, 2.75) is 13.3 Å². The molecule has 0 saturated carbocycles. The average Bonchev–Trinajstić information content (AvgIpc) is 2.70. The summed E-state index contributed by atoms with van der Waals surface area (Å²) in [4.78, 5) is 21.5. The fraction of sp³-hybridized carbons (Fsp3) is 0.200. The molecule has 1 heterocycles. The zero-order valence-corrected chi connectivity index (χ0v) is 15.1. The monoisotopic (exact) mass is 363 g/mol. The van der Waals surface area contributed by atoms with E-state index in [1.54, 1.807) is 0 Å². The van der Waals surface area contributed by atoms with Gasteiger partial charge in [0.1, 0.15) is 6.33 Å². The highest BCUT2D eigenvalue weighted by atomic mass is 16.6. The zero-order chi connectivity index (χ0) is 19.1. The summed E-state index contributed by atoms with van der Waals surface area (Å²) in [5.74, 6) is 0.515. The van der Waals surface area contributed by atoms with E-state index in [0.29, 0.717) is 13.1 Å². The first kappa shape index (κ1) is 18.3. The largest absolute Gasteiger partial charge is 0.364 e. The molecule has 0 fully saturated rings. The normalized spacial score (nSPS) is 10.4. The minimum atomic E-state index is -0.425. The van der Waals surface area contributed by atoms with E-state index in [0.717, 1.165) is 17.7 Å². The third-order valence-corrected chi connectivity index (χ3v) is 4.17. The number of para-hydroxylation sites is 1. The van der Waals surface area contributed by atoms with Crippen molar-refractivity contribution in [2.75, 3.05) is 23.3 Å². The van der Waals surface area contributed by atoms with Gasteiger partial charge in [0, 0.05) is 18.8 Å². The first-order valence-electron chi connectivity index (χ1n) is 8.80. The third-order valence-electron chi connectivity index (χ3n) is 4.17. The first-order chi connectivity index (χ1) is 13.2. The molecule has 0 aliphatic heterocycles. The minimum absolute atomic E-state index is 0.115. The fourth-order valence-electron chi connectivity index (χ4n) is 2.90. The van der Waals surface area contributed by atoms with Crippen LogP contribution in [0.25, 0.3) is 0 Å². The summed E-state index contributed by atoms with van der Waals surface area (Å²) in [6.45, 7) is 3.02. The summed E-state index contributed by atoms with van der Waals surface area (Å²) in [6, 6.07) is 19.4. The van der Waals surface area contributed by atoms with Gasteiger partial charge in [-0.25, -0.2) is 9.97 Å². The number of rotatable bonds is 8. The predicted octanol–water partition coefficient (Wildman–Crippen LogP) is 4.20. The third kappa shape index (κ3) is 4.38. The number of hydrogen-bond acceptors (Lipinski definition) is 6. The van der Waals surface area contributed by atoms with Crippen LogP contribution < -0.4 is 10.2 Å². The molecule has 3 rings (SSSR count). The van der Waals surface area contributed by atoms with Gasteiger partial charge in [-0.2, -0.15) is 0 Å². The van der Waals surface area contributed by atoms with Gasteiger partial charge in [-0.15, -0.1) is 0 Å². The molecular formula is C20H21N5O2. The molecule has 0 amide bonds. The number of nitrogens with one attached hydrogen (secondary N) is 1. The van der Waals surface area contributed by atoms with Gasteiger partial charge < -0.3 is 10.2 Å². The van der Waals surface area contributed by atoms with Gasteiger partial charge >= 0.3 is 5.69 Å². The van der Waals surface area contributed by atoms with Gasteiger partial charge in [0.2, 0.25) is 11.6 Å². The Labute approximate surface area is 157 Å². The van der Waals surface area contributed by atoms with E-state index in [9.17, 15) is 10.1 Å². The topological polar surface area (TPSA) is 84.2 Å². The maximum absolute atomic E-state index is 11.8. The van der Waals surface area contributed by atoms with Gasteiger partial charge in [-0.05, 0) is 31.0 Å². The summed E-state index contributed by atoms with van der Waals surface area (Å²) in [5, 5.41) is 14.9. The number of aromatic nitrogens is 2. The molecule has 7 heteroatoms. The molecule has 0 aliphatic carbocycles. The van der Waals surface area contributed by atoms with Crippen LogP contribution in [-0.2, 0) is 6.42 Å². The molecule has 2 aromatic carbocycles. The highest BCUT2D eigenvalue weighted by Crippen LogP contribution is 2.35. The molecule has 0 bridgehead atoms. The first-order valence-corrected chi connectivity index (χ1v) is 8.80. The summed E-state index contributed by atoms with van der Waals surface area (Å²) >= 11 is 0. The number of benzene rings is 2. The molecule has 27 heavy (non-hydrogen) atoms. The van der Waals surface area contributed by atoms with Gasteiger partial charge in [-0.1, -0.05) is 48.5 Å². The van der Waals surface area contributed by atoms with Crippen molar-refractivity contribution in [1.29, 1.82) is 0 Å². The standard InChI is InChI=1S/C20H21N5O2/c1-2-24(17-11-7-4-8-12-17)20-18(25(26)27)19(22-15-23-20)21-14-13-16-9-5-3-6-10-16/h3-12,15H,2,13-14H2,1H3,(H,21,22,23). The van der Waals surface area contributed by atoms with E-state index < -0.39 is 4.92 Å². The van der Waals surface area contributed by atoms with E-state index in [2.05, 4.69) is 15.3 Å². The number of nitro groups is 1. The molecule has 1 aromatic heterocycles. The van der Waals surface area contributed by atoms with E-state index in [4.69, 9.17) is 0 Å². The zero-order valence-electron chi connectivity index (χ0n) is 15.1. The molecule has 0 saturated heterocycles. The summed E-state index contributed by atoms with van der Waals surface area (Å²) < 4.78 is 0. The maximum Gasteiger partial charge on any atom is 0.353 e. The predicted molar refractivity (Wildman–Crippen MR) is 106 cm³/mol. The Morgan fingerprint density at radius 2 is 1.70 bits per heavy atom. The number of nitrogens with zero attached hydrogens (tertiary/aromatic N) is 4.